The summed E-state index contributed by atoms with van der Waals surface area (Å²) in [6.07, 6.45) is 0. The average molecular weight is 356 g/mol. The number of nitrogens with zero attached hydrogens (tertiary/aromatic N) is 1. The molecule has 0 saturated carbocycles. The van der Waals surface area contributed by atoms with Gasteiger partial charge in [0, 0.05) is 16.3 Å². The molecule has 0 saturated heterocycles. The number of benzene rings is 2. The number of aromatic nitrogens is 2. The molecule has 25 heavy (non-hydrogen) atoms. The number of rotatable bonds is 3. The number of anilines is 1. The molecule has 0 unspecified atom stereocenters. The minimum Gasteiger partial charge on any atom is -0.507 e. The van der Waals surface area contributed by atoms with Crippen LogP contribution in [0.1, 0.15) is 27.2 Å². The highest BCUT2D eigenvalue weighted by atomic mass is 35.5. The van der Waals surface area contributed by atoms with Gasteiger partial charge in [0.25, 0.3) is 5.91 Å². The number of aryl methyl sites for hydroxylation is 2. The molecule has 0 radical (unpaired) electrons. The van der Waals surface area contributed by atoms with Gasteiger partial charge in [0.15, 0.2) is 0 Å². The second-order valence-electron chi connectivity index (χ2n) is 5.99. The van der Waals surface area contributed by atoms with Crippen molar-refractivity contribution in [2.75, 3.05) is 5.32 Å². The van der Waals surface area contributed by atoms with Gasteiger partial charge in [-0.25, -0.2) is 0 Å². The van der Waals surface area contributed by atoms with E-state index in [2.05, 4.69) is 15.5 Å². The first-order valence-corrected chi connectivity index (χ1v) is 8.17. The summed E-state index contributed by atoms with van der Waals surface area (Å²) >= 11 is 6.07. The Morgan fingerprint density at radius 3 is 2.56 bits per heavy atom. The Bertz CT molecular complexity index is 963. The van der Waals surface area contributed by atoms with Crippen LogP contribution in [0.5, 0.6) is 5.75 Å². The molecule has 1 aromatic heterocycles. The highest BCUT2D eigenvalue weighted by molar-refractivity contribution is 6.31. The summed E-state index contributed by atoms with van der Waals surface area (Å²) < 4.78 is 0. The third-order valence-electron chi connectivity index (χ3n) is 4.23. The Morgan fingerprint density at radius 1 is 1.12 bits per heavy atom. The van der Waals surface area contributed by atoms with Crippen molar-refractivity contribution in [3.05, 3.63) is 63.8 Å². The maximum atomic E-state index is 12.4. The van der Waals surface area contributed by atoms with Crippen LogP contribution in [0.3, 0.4) is 0 Å². The van der Waals surface area contributed by atoms with E-state index < -0.39 is 0 Å². The number of phenolic OH excluding ortho intramolecular Hbond substituents is 1. The molecule has 5 nitrogen and oxygen atoms in total. The lowest BCUT2D eigenvalue weighted by molar-refractivity contribution is 0.102. The van der Waals surface area contributed by atoms with Crippen molar-refractivity contribution >= 4 is 23.2 Å². The molecule has 0 aliphatic heterocycles. The molecule has 0 atom stereocenters. The van der Waals surface area contributed by atoms with Crippen molar-refractivity contribution in [2.45, 2.75) is 20.8 Å². The molecule has 0 aliphatic rings. The van der Waals surface area contributed by atoms with Crippen LogP contribution in [-0.2, 0) is 0 Å². The average Bonchev–Trinajstić information content (AvgIpc) is 3.06. The quantitative estimate of drug-likeness (QED) is 0.641. The zero-order chi connectivity index (χ0) is 18.1. The zero-order valence-corrected chi connectivity index (χ0v) is 14.9. The monoisotopic (exact) mass is 355 g/mol. The molecule has 3 rings (SSSR count). The first-order valence-electron chi connectivity index (χ1n) is 7.79. The molecule has 6 heteroatoms. The Hall–Kier alpha value is -2.79. The second kappa shape index (κ2) is 6.61. The Kier molecular flexibility index (Phi) is 4.51. The van der Waals surface area contributed by atoms with Crippen LogP contribution in [0.2, 0.25) is 5.02 Å². The molecule has 3 N–H and O–H groups in total. The summed E-state index contributed by atoms with van der Waals surface area (Å²) in [6.45, 7) is 5.66. The van der Waals surface area contributed by atoms with E-state index in [0.717, 1.165) is 16.7 Å². The predicted octanol–water partition coefficient (Wildman–Crippen LogP) is 4.61. The molecular weight excluding hydrogens is 338 g/mol. The third kappa shape index (κ3) is 3.37. The van der Waals surface area contributed by atoms with E-state index in [1.54, 1.807) is 24.3 Å². The number of aromatic amines is 1. The van der Waals surface area contributed by atoms with E-state index in [4.69, 9.17) is 11.6 Å². The van der Waals surface area contributed by atoms with Gasteiger partial charge in [0.1, 0.15) is 11.4 Å². The van der Waals surface area contributed by atoms with Crippen LogP contribution in [0.25, 0.3) is 11.3 Å². The van der Waals surface area contributed by atoms with Crippen LogP contribution in [-0.4, -0.2) is 21.2 Å². The van der Waals surface area contributed by atoms with Gasteiger partial charge in [0.2, 0.25) is 0 Å². The number of hydrogen-bond donors (Lipinski definition) is 3. The van der Waals surface area contributed by atoms with Crippen molar-refractivity contribution < 1.29 is 9.90 Å². The zero-order valence-electron chi connectivity index (χ0n) is 14.1. The summed E-state index contributed by atoms with van der Waals surface area (Å²) in [5.74, 6) is -0.161. The number of nitrogens with one attached hydrogen (secondary N) is 2. The van der Waals surface area contributed by atoms with E-state index in [-0.39, 0.29) is 11.7 Å². The molecule has 1 amide bonds. The number of carbonyl (C=O) groups is 1. The second-order valence-corrected chi connectivity index (χ2v) is 6.40. The maximum absolute atomic E-state index is 12.4. The summed E-state index contributed by atoms with van der Waals surface area (Å²) in [6, 6.07) is 10.6. The maximum Gasteiger partial charge on any atom is 0.273 e. The number of hydrogen-bond acceptors (Lipinski definition) is 3. The number of halogens is 1. The van der Waals surface area contributed by atoms with Gasteiger partial charge >= 0.3 is 0 Å². The SMILES string of the molecule is Cc1ccc(NC(=O)c2cc(-c3ccc(C)c(C)c3O)n[nH]2)cc1Cl. The summed E-state index contributed by atoms with van der Waals surface area (Å²) in [4.78, 5) is 12.4. The number of carbonyl (C=O) groups excluding carboxylic acids is 1. The standard InChI is InChI=1S/C19H18ClN3O2/c1-10-5-7-14(18(24)12(10)3)16-9-17(23-22-16)19(25)21-13-6-4-11(2)15(20)8-13/h4-9,24H,1-3H3,(H,21,25)(H,22,23). The van der Waals surface area contributed by atoms with E-state index in [9.17, 15) is 9.90 Å². The first-order chi connectivity index (χ1) is 11.9. The number of aromatic hydroxyl groups is 1. The topological polar surface area (TPSA) is 78.0 Å². The Morgan fingerprint density at radius 2 is 1.84 bits per heavy atom. The smallest absolute Gasteiger partial charge is 0.273 e. The molecule has 0 aliphatic carbocycles. The van der Waals surface area contributed by atoms with Crippen molar-refractivity contribution in [3.63, 3.8) is 0 Å². The highest BCUT2D eigenvalue weighted by Crippen LogP contribution is 2.32. The normalized spacial score (nSPS) is 10.7. The summed E-state index contributed by atoms with van der Waals surface area (Å²) in [5.41, 5.74) is 4.71. The predicted molar refractivity (Wildman–Crippen MR) is 99.3 cm³/mol. The van der Waals surface area contributed by atoms with E-state index >= 15 is 0 Å². The Labute approximate surface area is 150 Å². The fraction of sp³-hybridized carbons (Fsp3) is 0.158. The van der Waals surface area contributed by atoms with Crippen LogP contribution < -0.4 is 5.32 Å². The highest BCUT2D eigenvalue weighted by Gasteiger charge is 2.15. The lowest BCUT2D eigenvalue weighted by atomic mass is 10.0. The minimum atomic E-state index is -0.331. The van der Waals surface area contributed by atoms with Crippen LogP contribution in [0, 0.1) is 20.8 Å². The van der Waals surface area contributed by atoms with Crippen LogP contribution in [0.15, 0.2) is 36.4 Å². The number of amides is 1. The van der Waals surface area contributed by atoms with Crippen molar-refractivity contribution in [2.24, 2.45) is 0 Å². The molecule has 0 bridgehead atoms. The summed E-state index contributed by atoms with van der Waals surface area (Å²) in [5, 5.41) is 20.5. The van der Waals surface area contributed by atoms with Gasteiger partial charge in [-0.1, -0.05) is 23.7 Å². The van der Waals surface area contributed by atoms with Crippen molar-refractivity contribution in [1.29, 1.82) is 0 Å². The first kappa shape index (κ1) is 17.0. The molecule has 128 valence electrons. The lowest BCUT2D eigenvalue weighted by Crippen LogP contribution is -2.12. The number of phenols is 1. The molecule has 3 aromatic rings. The van der Waals surface area contributed by atoms with Gasteiger partial charge in [0.05, 0.1) is 5.69 Å². The van der Waals surface area contributed by atoms with Crippen molar-refractivity contribution in [3.8, 4) is 17.0 Å². The minimum absolute atomic E-state index is 0.170. The molecule has 1 heterocycles. The van der Waals surface area contributed by atoms with E-state index in [0.29, 0.717) is 27.7 Å². The van der Waals surface area contributed by atoms with Gasteiger partial charge in [-0.2, -0.15) is 5.10 Å². The molecule has 0 fully saturated rings. The van der Waals surface area contributed by atoms with Gasteiger partial charge in [-0.3, -0.25) is 9.89 Å². The fourth-order valence-electron chi connectivity index (χ4n) is 2.45. The summed E-state index contributed by atoms with van der Waals surface area (Å²) in [7, 11) is 0. The molecule has 0 spiro atoms. The van der Waals surface area contributed by atoms with Crippen molar-refractivity contribution in [1.82, 2.24) is 10.2 Å². The lowest BCUT2D eigenvalue weighted by Gasteiger charge is -2.07. The van der Waals surface area contributed by atoms with Gasteiger partial charge in [-0.05, 0) is 61.7 Å². The number of H-pyrrole nitrogens is 1. The molecule has 2 aromatic carbocycles. The largest absolute Gasteiger partial charge is 0.507 e. The van der Waals surface area contributed by atoms with Gasteiger partial charge in [-0.15, -0.1) is 0 Å². The van der Waals surface area contributed by atoms with Crippen LogP contribution >= 0.6 is 11.6 Å². The Balaban J connectivity index is 1.85. The van der Waals surface area contributed by atoms with Gasteiger partial charge < -0.3 is 10.4 Å². The third-order valence-corrected chi connectivity index (χ3v) is 4.64. The van der Waals surface area contributed by atoms with E-state index in [1.807, 2.05) is 32.9 Å². The van der Waals surface area contributed by atoms with E-state index in [1.165, 1.54) is 0 Å². The van der Waals surface area contributed by atoms with Crippen LogP contribution in [0.4, 0.5) is 5.69 Å². The molecular formula is C19H18ClN3O2. The fourth-order valence-corrected chi connectivity index (χ4v) is 2.63.